The molecule has 2 aromatic rings. The van der Waals surface area contributed by atoms with Gasteiger partial charge in [-0.05, 0) is 37.6 Å². The van der Waals surface area contributed by atoms with E-state index in [1.165, 1.54) is 0 Å². The first kappa shape index (κ1) is 11.7. The molecule has 1 N–H and O–H groups in total. The Hall–Kier alpha value is -1.74. The third-order valence-electron chi connectivity index (χ3n) is 2.83. The number of hydrogen-bond acceptors (Lipinski definition) is 3. The van der Waals surface area contributed by atoms with Crippen molar-refractivity contribution in [3.05, 3.63) is 53.0 Å². The van der Waals surface area contributed by atoms with Gasteiger partial charge in [-0.2, -0.15) is 0 Å². The molecule has 1 heterocycles. The Morgan fingerprint density at radius 2 is 2.00 bits per heavy atom. The van der Waals surface area contributed by atoms with E-state index in [-0.39, 0.29) is 0 Å². The number of aryl methyl sites for hydroxylation is 2. The number of aliphatic hydroxyl groups excluding tert-OH is 1. The molecule has 3 nitrogen and oxygen atoms in total. The van der Waals surface area contributed by atoms with Crippen LogP contribution >= 0.6 is 0 Å². The number of methoxy groups -OCH3 is 1. The zero-order chi connectivity index (χ0) is 12.4. The van der Waals surface area contributed by atoms with E-state index in [0.29, 0.717) is 11.5 Å². The second-order valence-electron chi connectivity index (χ2n) is 4.12. The minimum atomic E-state index is -0.792. The van der Waals surface area contributed by atoms with Crippen molar-refractivity contribution < 1.29 is 14.3 Å². The van der Waals surface area contributed by atoms with Crippen LogP contribution in [-0.4, -0.2) is 12.2 Å². The molecule has 1 aromatic heterocycles. The highest BCUT2D eigenvalue weighted by atomic mass is 16.5. The maximum Gasteiger partial charge on any atom is 0.140 e. The molecular weight excluding hydrogens is 216 g/mol. The lowest BCUT2D eigenvalue weighted by atomic mass is 10.0. The number of aliphatic hydroxyl groups is 1. The summed E-state index contributed by atoms with van der Waals surface area (Å²) in [5, 5.41) is 10.3. The van der Waals surface area contributed by atoms with Crippen molar-refractivity contribution in [3.8, 4) is 5.75 Å². The van der Waals surface area contributed by atoms with Gasteiger partial charge in [0.25, 0.3) is 0 Å². The Kier molecular flexibility index (Phi) is 3.20. The zero-order valence-electron chi connectivity index (χ0n) is 10.2. The van der Waals surface area contributed by atoms with Crippen LogP contribution in [0.3, 0.4) is 0 Å². The molecular formula is C14H16O3. The summed E-state index contributed by atoms with van der Waals surface area (Å²) >= 11 is 0. The summed E-state index contributed by atoms with van der Waals surface area (Å²) in [6.45, 7) is 3.88. The molecule has 2 rings (SSSR count). The quantitative estimate of drug-likeness (QED) is 0.884. The van der Waals surface area contributed by atoms with Gasteiger partial charge < -0.3 is 14.3 Å². The second kappa shape index (κ2) is 4.63. The Labute approximate surface area is 101 Å². The summed E-state index contributed by atoms with van der Waals surface area (Å²) in [5.74, 6) is 1.23. The van der Waals surface area contributed by atoms with Crippen LogP contribution in [0.4, 0.5) is 0 Å². The van der Waals surface area contributed by atoms with Crippen LogP contribution in [0.2, 0.25) is 0 Å². The van der Waals surface area contributed by atoms with Crippen molar-refractivity contribution in [3.63, 3.8) is 0 Å². The fourth-order valence-electron chi connectivity index (χ4n) is 1.87. The normalized spacial score (nSPS) is 12.5. The summed E-state index contributed by atoms with van der Waals surface area (Å²) in [4.78, 5) is 0. The van der Waals surface area contributed by atoms with Gasteiger partial charge >= 0.3 is 0 Å². The molecule has 17 heavy (non-hydrogen) atoms. The van der Waals surface area contributed by atoms with Gasteiger partial charge in [0.05, 0.1) is 13.4 Å². The van der Waals surface area contributed by atoms with Crippen molar-refractivity contribution in [2.75, 3.05) is 7.11 Å². The highest BCUT2D eigenvalue weighted by Crippen LogP contribution is 2.32. The predicted molar refractivity (Wildman–Crippen MR) is 65.2 cm³/mol. The summed E-state index contributed by atoms with van der Waals surface area (Å²) in [7, 11) is 1.59. The number of benzene rings is 1. The van der Waals surface area contributed by atoms with Crippen molar-refractivity contribution in [1.82, 2.24) is 0 Å². The molecule has 0 fully saturated rings. The maximum atomic E-state index is 10.3. The minimum Gasteiger partial charge on any atom is -0.496 e. The van der Waals surface area contributed by atoms with E-state index in [1.54, 1.807) is 13.4 Å². The Morgan fingerprint density at radius 1 is 1.24 bits per heavy atom. The lowest BCUT2D eigenvalue weighted by molar-refractivity contribution is 0.184. The molecule has 90 valence electrons. The van der Waals surface area contributed by atoms with E-state index in [0.717, 1.165) is 16.7 Å². The average Bonchev–Trinajstić information content (AvgIpc) is 2.74. The Balaban J connectivity index is 2.46. The standard InChI is InChI=1S/C14H16O3/c1-9-4-5-12(16-3)11(8-9)13(15)14-10(2)6-7-17-14/h4-8,13,15H,1-3H3. The minimum absolute atomic E-state index is 0.564. The fourth-order valence-corrected chi connectivity index (χ4v) is 1.87. The third kappa shape index (κ3) is 2.19. The summed E-state index contributed by atoms with van der Waals surface area (Å²) in [6.07, 6.45) is 0.788. The molecule has 0 aliphatic rings. The molecule has 0 radical (unpaired) electrons. The van der Waals surface area contributed by atoms with E-state index in [4.69, 9.17) is 9.15 Å². The lowest BCUT2D eigenvalue weighted by Gasteiger charge is -2.14. The van der Waals surface area contributed by atoms with E-state index in [9.17, 15) is 5.11 Å². The maximum absolute atomic E-state index is 10.3. The van der Waals surface area contributed by atoms with Crippen LogP contribution < -0.4 is 4.74 Å². The molecule has 1 atom stereocenters. The number of hydrogen-bond donors (Lipinski definition) is 1. The molecule has 3 heteroatoms. The largest absolute Gasteiger partial charge is 0.496 e. The van der Waals surface area contributed by atoms with Gasteiger partial charge in [0.1, 0.15) is 17.6 Å². The topological polar surface area (TPSA) is 42.6 Å². The second-order valence-corrected chi connectivity index (χ2v) is 4.12. The van der Waals surface area contributed by atoms with Crippen molar-refractivity contribution in [2.24, 2.45) is 0 Å². The Bertz CT molecular complexity index is 514. The molecule has 0 amide bonds. The molecule has 0 aliphatic carbocycles. The fraction of sp³-hybridized carbons (Fsp3) is 0.286. The van der Waals surface area contributed by atoms with Crippen LogP contribution in [0.15, 0.2) is 34.9 Å². The molecule has 0 spiro atoms. The number of rotatable bonds is 3. The van der Waals surface area contributed by atoms with Gasteiger partial charge in [0.2, 0.25) is 0 Å². The summed E-state index contributed by atoms with van der Waals surface area (Å²) in [6, 6.07) is 7.54. The highest BCUT2D eigenvalue weighted by Gasteiger charge is 2.20. The molecule has 0 saturated heterocycles. The predicted octanol–water partition coefficient (Wildman–Crippen LogP) is 2.99. The Morgan fingerprint density at radius 3 is 2.59 bits per heavy atom. The van der Waals surface area contributed by atoms with E-state index in [1.807, 2.05) is 38.1 Å². The molecule has 0 bridgehead atoms. The average molecular weight is 232 g/mol. The van der Waals surface area contributed by atoms with Crippen molar-refractivity contribution in [2.45, 2.75) is 20.0 Å². The zero-order valence-corrected chi connectivity index (χ0v) is 10.2. The number of furan rings is 1. The number of ether oxygens (including phenoxy) is 1. The van der Waals surface area contributed by atoms with Crippen LogP contribution in [-0.2, 0) is 0 Å². The van der Waals surface area contributed by atoms with Crippen LogP contribution in [0.5, 0.6) is 5.75 Å². The summed E-state index contributed by atoms with van der Waals surface area (Å²) in [5.41, 5.74) is 2.73. The van der Waals surface area contributed by atoms with E-state index < -0.39 is 6.10 Å². The summed E-state index contributed by atoms with van der Waals surface area (Å²) < 4.78 is 10.6. The molecule has 1 aromatic carbocycles. The van der Waals surface area contributed by atoms with Gasteiger partial charge in [-0.3, -0.25) is 0 Å². The van der Waals surface area contributed by atoms with E-state index >= 15 is 0 Å². The van der Waals surface area contributed by atoms with Crippen LogP contribution in [0, 0.1) is 13.8 Å². The molecule has 0 saturated carbocycles. The SMILES string of the molecule is COc1ccc(C)cc1C(O)c1occc1C. The first-order valence-corrected chi connectivity index (χ1v) is 5.50. The molecule has 1 unspecified atom stereocenters. The van der Waals surface area contributed by atoms with Crippen molar-refractivity contribution >= 4 is 0 Å². The highest BCUT2D eigenvalue weighted by molar-refractivity contribution is 5.42. The van der Waals surface area contributed by atoms with Crippen LogP contribution in [0.1, 0.15) is 28.6 Å². The van der Waals surface area contributed by atoms with Crippen LogP contribution in [0.25, 0.3) is 0 Å². The third-order valence-corrected chi connectivity index (χ3v) is 2.83. The smallest absolute Gasteiger partial charge is 0.140 e. The van der Waals surface area contributed by atoms with Gasteiger partial charge in [-0.15, -0.1) is 0 Å². The first-order valence-electron chi connectivity index (χ1n) is 5.50. The molecule has 0 aliphatic heterocycles. The van der Waals surface area contributed by atoms with Gasteiger partial charge in [-0.25, -0.2) is 0 Å². The van der Waals surface area contributed by atoms with Crippen molar-refractivity contribution in [1.29, 1.82) is 0 Å². The lowest BCUT2D eigenvalue weighted by Crippen LogP contribution is -2.03. The van der Waals surface area contributed by atoms with Gasteiger partial charge in [-0.1, -0.05) is 11.6 Å². The monoisotopic (exact) mass is 232 g/mol. The van der Waals surface area contributed by atoms with Gasteiger partial charge in [0, 0.05) is 5.56 Å². The van der Waals surface area contributed by atoms with Gasteiger partial charge in [0.15, 0.2) is 0 Å². The first-order chi connectivity index (χ1) is 8.13. The van der Waals surface area contributed by atoms with E-state index in [2.05, 4.69) is 0 Å².